The number of rotatable bonds is 9. The normalized spacial score (nSPS) is 24.8. The van der Waals surface area contributed by atoms with Crippen LogP contribution in [0.15, 0.2) is 41.5 Å². The highest BCUT2D eigenvalue weighted by atomic mass is 31.1. The Morgan fingerprint density at radius 2 is 2.14 bits per heavy atom. The molecule has 0 radical (unpaired) electrons. The number of fused-ring (bicyclic) bond motifs is 1. The van der Waals surface area contributed by atoms with Crippen molar-refractivity contribution in [2.24, 2.45) is 0 Å². The molecule has 2 unspecified atom stereocenters. The molecule has 16 heteroatoms. The lowest BCUT2D eigenvalue weighted by molar-refractivity contribution is -0.179. The van der Waals surface area contributed by atoms with Gasteiger partial charge >= 0.3 is 14.1 Å². The number of aromatic amines is 1. The van der Waals surface area contributed by atoms with Crippen LogP contribution in [-0.2, 0) is 23.7 Å². The number of benzene rings is 1. The molecule has 6 atom stereocenters. The van der Waals surface area contributed by atoms with Crippen LogP contribution >= 0.6 is 8.18 Å². The molecule has 0 amide bonds. The molecule has 198 valence electrons. The van der Waals surface area contributed by atoms with Crippen LogP contribution in [0.25, 0.3) is 11.2 Å². The number of nitrogen functional groups attached to an aromatic ring is 1. The van der Waals surface area contributed by atoms with Crippen LogP contribution in [0.1, 0.15) is 20.1 Å². The van der Waals surface area contributed by atoms with Gasteiger partial charge in [0.25, 0.3) is 5.56 Å². The van der Waals surface area contributed by atoms with Crippen molar-refractivity contribution in [3.63, 3.8) is 0 Å². The summed E-state index contributed by atoms with van der Waals surface area (Å²) in [6.07, 6.45) is -3.38. The zero-order chi connectivity index (χ0) is 26.9. The van der Waals surface area contributed by atoms with Crippen molar-refractivity contribution in [1.29, 1.82) is 0 Å². The van der Waals surface area contributed by atoms with Gasteiger partial charge in [-0.1, -0.05) is 18.2 Å². The fraction of sp³-hybridized carbons (Fsp3) is 0.429. The standard InChI is InChI=1S/C21H24FN6O8P/c1-11(18(31)33-3)28(37(32)36-12-7-5-4-6-8-12)34-9-13-15(29)21(2,22)19(35-13)27-10-24-14-16(27)25-20(23)26-17(14)30/h4-8,10-11,13,15,19,29H,9H2,1-3H3,(H2-,23,25,26,30)/p+1/t11?,13-,15-,19-,21-/m1/s1. The SMILES string of the molecule is COC(=O)C(C)N(OC[C@H]1O[C@@H](n2cnc3c(=O)[nH]c(N)nc32)[C@](C)(F)[C@@H]1O)[P+](=O)Oc1ccccc1. The highest BCUT2D eigenvalue weighted by Crippen LogP contribution is 2.43. The summed E-state index contributed by atoms with van der Waals surface area (Å²) in [5.41, 5.74) is 2.42. The van der Waals surface area contributed by atoms with Gasteiger partial charge in [0.1, 0.15) is 18.8 Å². The number of hydrogen-bond acceptors (Lipinski definition) is 11. The Morgan fingerprint density at radius 3 is 2.81 bits per heavy atom. The smallest absolute Gasteiger partial charge is 0.468 e. The summed E-state index contributed by atoms with van der Waals surface area (Å²) >= 11 is 0. The molecular weight excluding hydrogens is 514 g/mol. The van der Waals surface area contributed by atoms with Gasteiger partial charge in [0, 0.05) is 4.57 Å². The Morgan fingerprint density at radius 1 is 1.43 bits per heavy atom. The van der Waals surface area contributed by atoms with E-state index in [4.69, 9.17) is 24.6 Å². The number of nitrogens with two attached hydrogens (primary N) is 1. The molecule has 0 spiro atoms. The van der Waals surface area contributed by atoms with E-state index in [-0.39, 0.29) is 22.9 Å². The highest BCUT2D eigenvalue weighted by Gasteiger charge is 2.56. The molecule has 4 N–H and O–H groups in total. The van der Waals surface area contributed by atoms with E-state index in [0.29, 0.717) is 0 Å². The fourth-order valence-electron chi connectivity index (χ4n) is 3.79. The Labute approximate surface area is 210 Å². The summed E-state index contributed by atoms with van der Waals surface area (Å²) < 4.78 is 45.6. The van der Waals surface area contributed by atoms with E-state index in [1.807, 2.05) is 0 Å². The van der Waals surface area contributed by atoms with E-state index in [1.165, 1.54) is 6.92 Å². The van der Waals surface area contributed by atoms with Gasteiger partial charge in [-0.05, 0) is 26.0 Å². The van der Waals surface area contributed by atoms with Gasteiger partial charge in [-0.15, -0.1) is 0 Å². The molecule has 4 rings (SSSR count). The molecule has 0 aliphatic carbocycles. The number of carbonyl (C=O) groups excluding carboxylic acids is 1. The number of hydrogen-bond donors (Lipinski definition) is 3. The maximum Gasteiger partial charge on any atom is 0.693 e. The van der Waals surface area contributed by atoms with Crippen LogP contribution < -0.4 is 15.8 Å². The summed E-state index contributed by atoms with van der Waals surface area (Å²) in [7, 11) is -1.64. The Kier molecular flexibility index (Phi) is 7.52. The van der Waals surface area contributed by atoms with Gasteiger partial charge in [-0.3, -0.25) is 24.0 Å². The molecule has 1 aromatic carbocycles. The molecule has 1 fully saturated rings. The van der Waals surface area contributed by atoms with Gasteiger partial charge in [-0.25, -0.2) is 13.9 Å². The minimum Gasteiger partial charge on any atom is -0.468 e. The molecule has 1 aliphatic heterocycles. The largest absolute Gasteiger partial charge is 0.693 e. The molecule has 37 heavy (non-hydrogen) atoms. The lowest BCUT2D eigenvalue weighted by atomic mass is 9.98. The molecule has 2 aromatic heterocycles. The van der Waals surface area contributed by atoms with Crippen LogP contribution in [0.5, 0.6) is 5.75 Å². The van der Waals surface area contributed by atoms with E-state index in [1.54, 1.807) is 30.3 Å². The molecular formula is C21H25FN6O8P+. The minimum absolute atomic E-state index is 0.0517. The number of alkyl halides is 1. The number of aliphatic hydroxyl groups is 1. The first-order valence-corrected chi connectivity index (χ1v) is 12.1. The number of nitrogens with zero attached hydrogens (tertiary/aromatic N) is 4. The van der Waals surface area contributed by atoms with Crippen molar-refractivity contribution in [1.82, 2.24) is 24.4 Å². The summed E-state index contributed by atoms with van der Waals surface area (Å²) in [6, 6.07) is 6.97. The number of aromatic nitrogens is 4. The van der Waals surface area contributed by atoms with Crippen molar-refractivity contribution in [2.75, 3.05) is 19.5 Å². The Hall–Kier alpha value is -3.49. The fourth-order valence-corrected chi connectivity index (χ4v) is 4.71. The second-order valence-electron chi connectivity index (χ2n) is 8.34. The Bertz CT molecular complexity index is 1350. The monoisotopic (exact) mass is 539 g/mol. The second-order valence-corrected chi connectivity index (χ2v) is 9.39. The number of para-hydroxylation sites is 1. The zero-order valence-corrected chi connectivity index (χ0v) is 20.9. The van der Waals surface area contributed by atoms with Crippen LogP contribution in [0.3, 0.4) is 0 Å². The van der Waals surface area contributed by atoms with E-state index < -0.39 is 56.5 Å². The third-order valence-electron chi connectivity index (χ3n) is 5.75. The average molecular weight is 539 g/mol. The summed E-state index contributed by atoms with van der Waals surface area (Å²) in [4.78, 5) is 40.8. The highest BCUT2D eigenvalue weighted by molar-refractivity contribution is 7.36. The van der Waals surface area contributed by atoms with Crippen molar-refractivity contribution >= 4 is 31.3 Å². The number of ether oxygens (including phenoxy) is 2. The summed E-state index contributed by atoms with van der Waals surface area (Å²) in [5.74, 6) is -0.746. The first-order valence-electron chi connectivity index (χ1n) is 11.0. The third-order valence-corrected chi connectivity index (χ3v) is 6.90. The van der Waals surface area contributed by atoms with E-state index in [0.717, 1.165) is 29.8 Å². The van der Waals surface area contributed by atoms with Crippen molar-refractivity contribution in [3.05, 3.63) is 47.0 Å². The number of halogens is 1. The van der Waals surface area contributed by atoms with E-state index >= 15 is 4.39 Å². The number of nitrogens with one attached hydrogen (secondary N) is 1. The van der Waals surface area contributed by atoms with Crippen molar-refractivity contribution in [2.45, 2.75) is 44.0 Å². The molecule has 14 nitrogen and oxygen atoms in total. The van der Waals surface area contributed by atoms with Gasteiger partial charge in [0.15, 0.2) is 34.9 Å². The minimum atomic E-state index is -2.78. The van der Waals surface area contributed by atoms with Gasteiger partial charge in [0.2, 0.25) is 5.95 Å². The van der Waals surface area contributed by atoms with Crippen LogP contribution in [0.2, 0.25) is 0 Å². The number of hydroxylamine groups is 1. The number of H-pyrrole nitrogens is 1. The lowest BCUT2D eigenvalue weighted by Crippen LogP contribution is -2.42. The summed E-state index contributed by atoms with van der Waals surface area (Å²) in [5, 5.41) is 10.7. The quantitative estimate of drug-likeness (QED) is 0.201. The number of esters is 1. The van der Waals surface area contributed by atoms with Crippen LogP contribution in [-0.4, -0.2) is 73.1 Å². The predicted octanol–water partition coefficient (Wildman–Crippen LogP) is 1.22. The number of anilines is 1. The maximum atomic E-state index is 15.7. The summed E-state index contributed by atoms with van der Waals surface area (Å²) in [6.45, 7) is 1.94. The molecule has 1 saturated heterocycles. The topological polar surface area (TPSA) is 184 Å². The molecule has 0 saturated carbocycles. The number of aliphatic hydroxyl groups excluding tert-OH is 1. The number of carbonyl (C=O) groups is 1. The van der Waals surface area contributed by atoms with Gasteiger partial charge in [-0.2, -0.15) is 4.98 Å². The lowest BCUT2D eigenvalue weighted by Gasteiger charge is -2.24. The first-order chi connectivity index (χ1) is 17.5. The van der Waals surface area contributed by atoms with Crippen LogP contribution in [0.4, 0.5) is 10.3 Å². The van der Waals surface area contributed by atoms with Crippen molar-refractivity contribution in [3.8, 4) is 5.75 Å². The van der Waals surface area contributed by atoms with Crippen molar-refractivity contribution < 1.29 is 37.7 Å². The van der Waals surface area contributed by atoms with Gasteiger partial charge in [0.05, 0.1) is 18.3 Å². The van der Waals surface area contributed by atoms with E-state index in [9.17, 15) is 19.3 Å². The average Bonchev–Trinajstić information content (AvgIpc) is 3.37. The molecule has 3 heterocycles. The zero-order valence-electron chi connectivity index (χ0n) is 20.0. The molecule has 1 aliphatic rings. The second kappa shape index (κ2) is 10.5. The van der Waals surface area contributed by atoms with Crippen LogP contribution in [0, 0.1) is 0 Å². The van der Waals surface area contributed by atoms with Gasteiger partial charge < -0.3 is 20.3 Å². The number of imidazole rings is 1. The Balaban J connectivity index is 1.55. The number of methoxy groups -OCH3 is 1. The third kappa shape index (κ3) is 5.17. The first kappa shape index (κ1) is 26.6. The predicted molar refractivity (Wildman–Crippen MR) is 126 cm³/mol. The molecule has 3 aromatic rings. The maximum absolute atomic E-state index is 15.7. The molecule has 0 bridgehead atoms. The van der Waals surface area contributed by atoms with E-state index in [2.05, 4.69) is 15.0 Å².